The summed E-state index contributed by atoms with van der Waals surface area (Å²) in [7, 11) is -3.13. The number of benzene rings is 1. The number of rotatable bonds is 9. The monoisotopic (exact) mass is 531 g/mol. The average Bonchev–Trinajstić information content (AvgIpc) is 3.24. The first-order valence-electron chi connectivity index (χ1n) is 12.0. The Hall–Kier alpha value is -2.54. The molecule has 0 saturated carbocycles. The molecule has 0 radical (unpaired) electrons. The van der Waals surface area contributed by atoms with Crippen LogP contribution in [-0.4, -0.2) is 94.4 Å². The topological polar surface area (TPSA) is 113 Å². The lowest BCUT2D eigenvalue weighted by molar-refractivity contribution is -0.118. The van der Waals surface area contributed by atoms with Crippen molar-refractivity contribution in [3.05, 3.63) is 52.3 Å². The molecule has 1 aliphatic heterocycles. The number of carbonyl (C=O) groups is 1. The summed E-state index contributed by atoms with van der Waals surface area (Å²) in [5.74, 6) is 0.663. The van der Waals surface area contributed by atoms with E-state index in [2.05, 4.69) is 56.5 Å². The molecule has 10 nitrogen and oxygen atoms in total. The lowest BCUT2D eigenvalue weighted by Gasteiger charge is -2.33. The maximum atomic E-state index is 12.3. The molecule has 36 heavy (non-hydrogen) atoms. The first kappa shape index (κ1) is 26.5. The van der Waals surface area contributed by atoms with Gasteiger partial charge < -0.3 is 5.32 Å². The van der Waals surface area contributed by atoms with Crippen LogP contribution in [-0.2, 0) is 21.2 Å². The third-order valence-corrected chi connectivity index (χ3v) is 8.55. The van der Waals surface area contributed by atoms with E-state index < -0.39 is 10.0 Å². The van der Waals surface area contributed by atoms with Crippen LogP contribution in [0.5, 0.6) is 0 Å². The number of thioether (sulfide) groups is 1. The van der Waals surface area contributed by atoms with E-state index >= 15 is 0 Å². The molecular formula is C24H33N7O3S2. The molecule has 0 spiro atoms. The molecule has 4 rings (SSSR count). The Kier molecular flexibility index (Phi) is 8.28. The molecule has 3 heterocycles. The van der Waals surface area contributed by atoms with Gasteiger partial charge in [0, 0.05) is 57.1 Å². The predicted octanol–water partition coefficient (Wildman–Crippen LogP) is 1.43. The van der Waals surface area contributed by atoms with E-state index in [0.29, 0.717) is 50.2 Å². The fourth-order valence-electron chi connectivity index (χ4n) is 4.24. The number of carbonyl (C=O) groups excluding carboxylic acids is 1. The zero-order chi connectivity index (χ0) is 25.9. The Balaban J connectivity index is 1.28. The highest BCUT2D eigenvalue weighted by Gasteiger charge is 2.23. The van der Waals surface area contributed by atoms with Crippen molar-refractivity contribution in [2.24, 2.45) is 0 Å². The fourth-order valence-corrected chi connectivity index (χ4v) is 5.71. The van der Waals surface area contributed by atoms with Crippen molar-refractivity contribution >= 4 is 33.5 Å². The van der Waals surface area contributed by atoms with Gasteiger partial charge in [0.15, 0.2) is 0 Å². The molecule has 194 valence electrons. The number of nitrogens with one attached hydrogen (secondary N) is 1. The second-order valence-electron chi connectivity index (χ2n) is 9.17. The van der Waals surface area contributed by atoms with Crippen molar-refractivity contribution in [3.63, 3.8) is 0 Å². The zero-order valence-electron chi connectivity index (χ0n) is 21.2. The molecule has 12 heteroatoms. The summed E-state index contributed by atoms with van der Waals surface area (Å²) in [5, 5.41) is 8.03. The number of fused-ring (bicyclic) bond motifs is 1. The third kappa shape index (κ3) is 6.61. The number of piperazine rings is 1. The van der Waals surface area contributed by atoms with Crippen molar-refractivity contribution in [1.29, 1.82) is 0 Å². The van der Waals surface area contributed by atoms with Crippen molar-refractivity contribution < 1.29 is 13.2 Å². The summed E-state index contributed by atoms with van der Waals surface area (Å²) in [6.07, 6.45) is 2.01. The molecule has 1 N–H and O–H groups in total. The average molecular weight is 532 g/mol. The Morgan fingerprint density at radius 2 is 1.75 bits per heavy atom. The van der Waals surface area contributed by atoms with Crippen LogP contribution in [0, 0.1) is 20.8 Å². The molecule has 0 unspecified atom stereocenters. The van der Waals surface area contributed by atoms with Gasteiger partial charge in [-0.15, -0.1) is 5.10 Å². The van der Waals surface area contributed by atoms with Gasteiger partial charge in [-0.3, -0.25) is 9.69 Å². The Morgan fingerprint density at radius 3 is 2.42 bits per heavy atom. The van der Waals surface area contributed by atoms with Crippen molar-refractivity contribution in [3.8, 4) is 0 Å². The van der Waals surface area contributed by atoms with Gasteiger partial charge in [-0.2, -0.15) is 9.29 Å². The second kappa shape index (κ2) is 11.2. The zero-order valence-corrected chi connectivity index (χ0v) is 22.8. The third-order valence-electron chi connectivity index (χ3n) is 6.41. The van der Waals surface area contributed by atoms with Gasteiger partial charge in [0.2, 0.25) is 21.1 Å². The molecule has 1 fully saturated rings. The van der Waals surface area contributed by atoms with Crippen LogP contribution in [0.2, 0.25) is 0 Å². The Morgan fingerprint density at radius 1 is 1.06 bits per heavy atom. The smallest absolute Gasteiger partial charge is 0.253 e. The minimum atomic E-state index is -3.13. The van der Waals surface area contributed by atoms with E-state index in [9.17, 15) is 13.2 Å². The molecule has 1 amide bonds. The van der Waals surface area contributed by atoms with Gasteiger partial charge in [0.25, 0.3) is 5.78 Å². The minimum absolute atomic E-state index is 0.0884. The van der Waals surface area contributed by atoms with Crippen molar-refractivity contribution in [2.75, 3.05) is 51.3 Å². The Bertz CT molecular complexity index is 1330. The number of hydrogen-bond acceptors (Lipinski definition) is 8. The van der Waals surface area contributed by atoms with Crippen LogP contribution in [0.15, 0.2) is 29.4 Å². The Labute approximate surface area is 216 Å². The summed E-state index contributed by atoms with van der Waals surface area (Å²) in [6, 6.07) is 8.49. The molecule has 1 saturated heterocycles. The number of nitrogens with zero attached hydrogens (tertiary/aromatic N) is 6. The van der Waals surface area contributed by atoms with Gasteiger partial charge in [-0.25, -0.2) is 17.9 Å². The molecular weight excluding hydrogens is 498 g/mol. The maximum Gasteiger partial charge on any atom is 0.253 e. The molecule has 0 aliphatic carbocycles. The number of sulfonamides is 1. The maximum absolute atomic E-state index is 12.3. The van der Waals surface area contributed by atoms with Crippen LogP contribution in [0.25, 0.3) is 5.78 Å². The molecule has 2 aromatic heterocycles. The highest BCUT2D eigenvalue weighted by atomic mass is 32.2. The van der Waals surface area contributed by atoms with Gasteiger partial charge in [0.1, 0.15) is 0 Å². The molecule has 3 aromatic rings. The fraction of sp³-hybridized carbons (Fsp3) is 0.500. The lowest BCUT2D eigenvalue weighted by atomic mass is 10.0. The van der Waals surface area contributed by atoms with Crippen LogP contribution < -0.4 is 5.32 Å². The second-order valence-corrected chi connectivity index (χ2v) is 12.1. The van der Waals surface area contributed by atoms with E-state index in [1.54, 1.807) is 4.52 Å². The number of aromatic nitrogens is 4. The number of amides is 1. The van der Waals surface area contributed by atoms with E-state index in [0.717, 1.165) is 23.4 Å². The van der Waals surface area contributed by atoms with Crippen LogP contribution in [0.1, 0.15) is 28.1 Å². The van der Waals surface area contributed by atoms with Gasteiger partial charge in [0.05, 0.1) is 12.0 Å². The molecule has 1 aromatic carbocycles. The quantitative estimate of drug-likeness (QED) is 0.413. The summed E-state index contributed by atoms with van der Waals surface area (Å²) in [6.45, 7) is 9.60. The molecule has 0 atom stereocenters. The minimum Gasteiger partial charge on any atom is -0.354 e. The first-order valence-corrected chi connectivity index (χ1v) is 14.8. The number of aryl methyl sites for hydroxylation is 3. The molecule has 0 bridgehead atoms. The van der Waals surface area contributed by atoms with E-state index in [-0.39, 0.29) is 11.7 Å². The number of hydrogen-bond donors (Lipinski definition) is 1. The van der Waals surface area contributed by atoms with Crippen molar-refractivity contribution in [2.45, 2.75) is 32.3 Å². The van der Waals surface area contributed by atoms with Crippen LogP contribution >= 0.6 is 11.8 Å². The van der Waals surface area contributed by atoms with Gasteiger partial charge in [-0.05, 0) is 31.9 Å². The van der Waals surface area contributed by atoms with E-state index in [1.807, 2.05) is 13.8 Å². The van der Waals surface area contributed by atoms with Gasteiger partial charge in [-0.1, -0.05) is 41.6 Å². The van der Waals surface area contributed by atoms with Crippen molar-refractivity contribution in [1.82, 2.24) is 34.1 Å². The SMILES string of the molecule is Cc1ccc(Cc2c(C)nc3nc(SCC(=O)NCCN4CCN(S(C)(=O)=O)CC4)nn3c2C)cc1. The van der Waals surface area contributed by atoms with Gasteiger partial charge >= 0.3 is 0 Å². The summed E-state index contributed by atoms with van der Waals surface area (Å²) < 4.78 is 26.5. The molecule has 1 aliphatic rings. The summed E-state index contributed by atoms with van der Waals surface area (Å²) >= 11 is 1.29. The van der Waals surface area contributed by atoms with Crippen LogP contribution in [0.4, 0.5) is 0 Å². The summed E-state index contributed by atoms with van der Waals surface area (Å²) in [5.41, 5.74) is 5.51. The normalized spacial score (nSPS) is 15.4. The van der Waals surface area contributed by atoms with E-state index in [4.69, 9.17) is 0 Å². The highest BCUT2D eigenvalue weighted by Crippen LogP contribution is 2.21. The largest absolute Gasteiger partial charge is 0.354 e. The lowest BCUT2D eigenvalue weighted by Crippen LogP contribution is -2.50. The predicted molar refractivity (Wildman–Crippen MR) is 141 cm³/mol. The van der Waals surface area contributed by atoms with Crippen LogP contribution in [0.3, 0.4) is 0 Å². The summed E-state index contributed by atoms with van der Waals surface area (Å²) in [4.78, 5) is 23.7. The standard InChI is InChI=1S/C24H33N7O3S2/c1-17-5-7-20(8-6-17)15-21-18(2)26-23-27-24(28-31(23)19(21)3)35-16-22(32)25-9-10-29-11-13-30(14-12-29)36(4,33)34/h5-8H,9-16H2,1-4H3,(H,25,32). The van der Waals surface area contributed by atoms with E-state index in [1.165, 1.54) is 33.4 Å². The highest BCUT2D eigenvalue weighted by molar-refractivity contribution is 7.99. The first-order chi connectivity index (χ1) is 17.1.